The molecule has 0 heterocycles. The third-order valence-corrected chi connectivity index (χ3v) is 3.52. The van der Waals surface area contributed by atoms with Gasteiger partial charge in [0.15, 0.2) is 0 Å². The van der Waals surface area contributed by atoms with Gasteiger partial charge in [0.1, 0.15) is 5.75 Å². The van der Waals surface area contributed by atoms with E-state index in [1.165, 1.54) is 0 Å². The van der Waals surface area contributed by atoms with Crippen LogP contribution >= 0.6 is 0 Å². The van der Waals surface area contributed by atoms with Gasteiger partial charge < -0.3 is 10.1 Å². The number of ether oxygens (including phenoxy) is 1. The molecule has 2 aromatic rings. The van der Waals surface area contributed by atoms with E-state index in [1.807, 2.05) is 49.4 Å². The summed E-state index contributed by atoms with van der Waals surface area (Å²) in [6, 6.07) is 14.0. The predicted octanol–water partition coefficient (Wildman–Crippen LogP) is 5.05. The number of benzene rings is 2. The number of rotatable bonds is 4. The number of hydrogen-bond acceptors (Lipinski definition) is 2. The van der Waals surface area contributed by atoms with E-state index >= 15 is 0 Å². The second-order valence-corrected chi connectivity index (χ2v) is 7.07. The molecule has 0 unspecified atom stereocenters. The molecule has 0 radical (unpaired) electrons. The number of nitrogens with one attached hydrogen (secondary N) is 1. The van der Waals surface area contributed by atoms with Gasteiger partial charge in [-0.05, 0) is 41.7 Å². The molecule has 3 heteroatoms. The van der Waals surface area contributed by atoms with Gasteiger partial charge in [-0.2, -0.15) is 0 Å². The van der Waals surface area contributed by atoms with E-state index in [9.17, 15) is 4.79 Å². The maximum atomic E-state index is 12.3. The number of hydrogen-bond donors (Lipinski definition) is 1. The molecule has 0 fully saturated rings. The van der Waals surface area contributed by atoms with Crippen molar-refractivity contribution in [3.05, 3.63) is 48.0 Å². The highest BCUT2D eigenvalue weighted by Crippen LogP contribution is 2.32. The summed E-state index contributed by atoms with van der Waals surface area (Å²) in [5.41, 5.74) is 3.94. The topological polar surface area (TPSA) is 38.3 Å². The zero-order valence-electron chi connectivity index (χ0n) is 14.6. The van der Waals surface area contributed by atoms with E-state index < -0.39 is 0 Å². The van der Waals surface area contributed by atoms with E-state index in [0.717, 1.165) is 28.1 Å². The van der Waals surface area contributed by atoms with Crippen molar-refractivity contribution >= 4 is 11.6 Å². The first-order valence-electron chi connectivity index (χ1n) is 7.83. The lowest BCUT2D eigenvalue weighted by Crippen LogP contribution is -2.20. The lowest BCUT2D eigenvalue weighted by atomic mass is 9.92. The molecule has 0 saturated carbocycles. The Kier molecular flexibility index (Phi) is 5.09. The number of anilines is 1. The Morgan fingerprint density at radius 1 is 1.13 bits per heavy atom. The minimum atomic E-state index is -0.0377. The summed E-state index contributed by atoms with van der Waals surface area (Å²) >= 11 is 0. The average molecular weight is 311 g/mol. The number of carbonyl (C=O) groups is 1. The van der Waals surface area contributed by atoms with Gasteiger partial charge in [-0.25, -0.2) is 0 Å². The SMILES string of the molecule is COc1cccc(-c2ccc(C)cc2NC(=O)CC(C)(C)C)c1. The fourth-order valence-electron chi connectivity index (χ4n) is 2.48. The predicted molar refractivity (Wildman–Crippen MR) is 95.9 cm³/mol. The molecule has 2 aromatic carbocycles. The summed E-state index contributed by atoms with van der Waals surface area (Å²) in [5, 5.41) is 3.06. The van der Waals surface area contributed by atoms with Gasteiger partial charge in [-0.15, -0.1) is 0 Å². The maximum absolute atomic E-state index is 12.3. The second kappa shape index (κ2) is 6.86. The van der Waals surface area contributed by atoms with Crippen molar-refractivity contribution in [2.75, 3.05) is 12.4 Å². The molecular formula is C20H25NO2. The summed E-state index contributed by atoms with van der Waals surface area (Å²) in [5.74, 6) is 0.835. The van der Waals surface area contributed by atoms with Crippen molar-refractivity contribution in [2.24, 2.45) is 5.41 Å². The monoisotopic (exact) mass is 311 g/mol. The highest BCUT2D eigenvalue weighted by atomic mass is 16.5. The molecule has 0 aromatic heterocycles. The van der Waals surface area contributed by atoms with Crippen LogP contribution in [0.3, 0.4) is 0 Å². The number of aryl methyl sites for hydroxylation is 1. The quantitative estimate of drug-likeness (QED) is 0.858. The molecule has 1 N–H and O–H groups in total. The van der Waals surface area contributed by atoms with E-state index in [2.05, 4.69) is 26.1 Å². The van der Waals surface area contributed by atoms with E-state index in [-0.39, 0.29) is 11.3 Å². The van der Waals surface area contributed by atoms with Gasteiger partial charge in [0.05, 0.1) is 7.11 Å². The van der Waals surface area contributed by atoms with Crippen LogP contribution in [0.4, 0.5) is 5.69 Å². The van der Waals surface area contributed by atoms with E-state index in [1.54, 1.807) is 7.11 Å². The van der Waals surface area contributed by atoms with Gasteiger partial charge in [-0.1, -0.05) is 45.0 Å². The van der Waals surface area contributed by atoms with Gasteiger partial charge in [0, 0.05) is 17.7 Å². The van der Waals surface area contributed by atoms with Gasteiger partial charge in [0.2, 0.25) is 5.91 Å². The number of methoxy groups -OCH3 is 1. The van der Waals surface area contributed by atoms with Crippen LogP contribution in [0.1, 0.15) is 32.8 Å². The third-order valence-electron chi connectivity index (χ3n) is 3.52. The fraction of sp³-hybridized carbons (Fsp3) is 0.350. The highest BCUT2D eigenvalue weighted by Gasteiger charge is 2.17. The van der Waals surface area contributed by atoms with Crippen LogP contribution in [-0.2, 0) is 4.79 Å². The molecule has 0 spiro atoms. The van der Waals surface area contributed by atoms with Crippen molar-refractivity contribution in [1.82, 2.24) is 0 Å². The first kappa shape index (κ1) is 17.1. The summed E-state index contributed by atoms with van der Waals surface area (Å²) in [4.78, 5) is 12.3. The first-order chi connectivity index (χ1) is 10.8. The molecule has 0 aliphatic rings. The van der Waals surface area contributed by atoms with E-state index in [0.29, 0.717) is 6.42 Å². The van der Waals surface area contributed by atoms with Crippen LogP contribution in [0.15, 0.2) is 42.5 Å². The Labute approximate surface area is 138 Å². The molecule has 2 rings (SSSR count). The van der Waals surface area contributed by atoms with Crippen LogP contribution in [0.5, 0.6) is 5.75 Å². The van der Waals surface area contributed by atoms with Crippen molar-refractivity contribution < 1.29 is 9.53 Å². The molecule has 122 valence electrons. The Morgan fingerprint density at radius 2 is 1.87 bits per heavy atom. The Morgan fingerprint density at radius 3 is 2.52 bits per heavy atom. The summed E-state index contributed by atoms with van der Waals surface area (Å²) in [6.07, 6.45) is 0.485. The van der Waals surface area contributed by atoms with Crippen molar-refractivity contribution in [3.63, 3.8) is 0 Å². The third kappa shape index (κ3) is 4.85. The summed E-state index contributed by atoms with van der Waals surface area (Å²) in [6.45, 7) is 8.21. The molecule has 23 heavy (non-hydrogen) atoms. The standard InChI is InChI=1S/C20H25NO2/c1-14-9-10-17(15-7-6-8-16(12-15)23-5)18(11-14)21-19(22)13-20(2,3)4/h6-12H,13H2,1-5H3,(H,21,22). The molecule has 0 aliphatic carbocycles. The van der Waals surface area contributed by atoms with Crippen LogP contribution in [0.25, 0.3) is 11.1 Å². The van der Waals surface area contributed by atoms with Crippen molar-refractivity contribution in [3.8, 4) is 16.9 Å². The molecule has 3 nitrogen and oxygen atoms in total. The zero-order chi connectivity index (χ0) is 17.0. The van der Waals surface area contributed by atoms with Crippen molar-refractivity contribution in [2.45, 2.75) is 34.1 Å². The van der Waals surface area contributed by atoms with Crippen LogP contribution in [-0.4, -0.2) is 13.0 Å². The minimum absolute atomic E-state index is 0.0345. The summed E-state index contributed by atoms with van der Waals surface area (Å²) < 4.78 is 5.30. The fourth-order valence-corrected chi connectivity index (χ4v) is 2.48. The molecule has 1 amide bonds. The average Bonchev–Trinajstić information content (AvgIpc) is 2.45. The lowest BCUT2D eigenvalue weighted by molar-refractivity contribution is -0.117. The summed E-state index contributed by atoms with van der Waals surface area (Å²) in [7, 11) is 1.65. The van der Waals surface area contributed by atoms with E-state index in [4.69, 9.17) is 4.74 Å². The molecule has 0 saturated heterocycles. The number of amides is 1. The molecular weight excluding hydrogens is 286 g/mol. The zero-order valence-corrected chi connectivity index (χ0v) is 14.6. The second-order valence-electron chi connectivity index (χ2n) is 7.07. The van der Waals surface area contributed by atoms with Gasteiger partial charge >= 0.3 is 0 Å². The van der Waals surface area contributed by atoms with Gasteiger partial charge in [0.25, 0.3) is 0 Å². The lowest BCUT2D eigenvalue weighted by Gasteiger charge is -2.19. The van der Waals surface area contributed by atoms with Gasteiger partial charge in [-0.3, -0.25) is 4.79 Å². The minimum Gasteiger partial charge on any atom is -0.497 e. The normalized spacial score (nSPS) is 11.2. The Bertz CT molecular complexity index is 699. The highest BCUT2D eigenvalue weighted by molar-refractivity contribution is 5.96. The Hall–Kier alpha value is -2.29. The molecule has 0 atom stereocenters. The van der Waals surface area contributed by atoms with Crippen molar-refractivity contribution in [1.29, 1.82) is 0 Å². The first-order valence-corrected chi connectivity index (χ1v) is 7.83. The maximum Gasteiger partial charge on any atom is 0.224 e. The van der Waals surface area contributed by atoms with Crippen LogP contribution < -0.4 is 10.1 Å². The van der Waals surface area contributed by atoms with Crippen LogP contribution in [0, 0.1) is 12.3 Å². The molecule has 0 bridgehead atoms. The molecule has 0 aliphatic heterocycles. The smallest absolute Gasteiger partial charge is 0.224 e. The largest absolute Gasteiger partial charge is 0.497 e. The van der Waals surface area contributed by atoms with Crippen LogP contribution in [0.2, 0.25) is 0 Å². The number of carbonyl (C=O) groups excluding carboxylic acids is 1. The Balaban J connectivity index is 2.35.